The van der Waals surface area contributed by atoms with Crippen molar-refractivity contribution >= 4 is 0 Å². The lowest BCUT2D eigenvalue weighted by Gasteiger charge is -2.26. The largest absolute Gasteiger partial charge is 0.308 e. The molecule has 0 bridgehead atoms. The topological polar surface area (TPSA) is 37.8 Å². The van der Waals surface area contributed by atoms with Crippen LogP contribution in [0.2, 0.25) is 0 Å². The van der Waals surface area contributed by atoms with Gasteiger partial charge in [0, 0.05) is 18.3 Å². The Hall–Kier alpha value is -0.960. The highest BCUT2D eigenvalue weighted by Crippen LogP contribution is 2.23. The van der Waals surface area contributed by atoms with Crippen LogP contribution in [0.1, 0.15) is 44.0 Å². The molecule has 0 atom stereocenters. The molecule has 3 heteroatoms. The molecule has 2 rings (SSSR count). The molecular weight excluding hydrogens is 198 g/mol. The van der Waals surface area contributed by atoms with E-state index in [9.17, 15) is 0 Å². The molecule has 0 saturated heterocycles. The third-order valence-electron chi connectivity index (χ3n) is 3.45. The van der Waals surface area contributed by atoms with E-state index in [1.165, 1.54) is 25.7 Å². The van der Waals surface area contributed by atoms with Gasteiger partial charge in [0.1, 0.15) is 6.33 Å². The Bertz CT molecular complexity index is 330. The highest BCUT2D eigenvalue weighted by Gasteiger charge is 2.17. The van der Waals surface area contributed by atoms with Crippen molar-refractivity contribution in [2.24, 2.45) is 5.92 Å². The molecule has 1 aliphatic rings. The van der Waals surface area contributed by atoms with Crippen LogP contribution in [-0.2, 0) is 6.54 Å². The first kappa shape index (κ1) is 11.5. The van der Waals surface area contributed by atoms with Gasteiger partial charge < -0.3 is 5.32 Å². The summed E-state index contributed by atoms with van der Waals surface area (Å²) >= 11 is 0. The minimum Gasteiger partial charge on any atom is -0.308 e. The maximum Gasteiger partial charge on any atom is 0.115 e. The fourth-order valence-electron chi connectivity index (χ4n) is 2.32. The second-order valence-corrected chi connectivity index (χ2v) is 4.99. The molecule has 1 aromatic heterocycles. The molecule has 1 saturated carbocycles. The van der Waals surface area contributed by atoms with Crippen molar-refractivity contribution in [1.29, 1.82) is 0 Å². The van der Waals surface area contributed by atoms with E-state index in [-0.39, 0.29) is 0 Å². The van der Waals surface area contributed by atoms with Gasteiger partial charge in [0.15, 0.2) is 0 Å². The van der Waals surface area contributed by atoms with E-state index in [1.54, 1.807) is 6.33 Å². The summed E-state index contributed by atoms with van der Waals surface area (Å²) in [6.45, 7) is 5.24. The van der Waals surface area contributed by atoms with Crippen LogP contribution < -0.4 is 5.32 Å². The first-order chi connectivity index (χ1) is 7.74. The molecule has 88 valence electrons. The molecule has 1 aromatic rings. The van der Waals surface area contributed by atoms with Gasteiger partial charge in [-0.3, -0.25) is 0 Å². The minimum atomic E-state index is 0.687. The summed E-state index contributed by atoms with van der Waals surface area (Å²) in [6, 6.07) is 2.74. The monoisotopic (exact) mass is 219 g/mol. The third kappa shape index (κ3) is 3.27. The average Bonchev–Trinajstić information content (AvgIpc) is 2.28. The van der Waals surface area contributed by atoms with Crippen LogP contribution in [0.15, 0.2) is 12.4 Å². The van der Waals surface area contributed by atoms with Gasteiger partial charge in [-0.1, -0.05) is 6.92 Å². The normalized spacial score (nSPS) is 25.6. The predicted octanol–water partition coefficient (Wildman–Crippen LogP) is 2.45. The van der Waals surface area contributed by atoms with E-state index in [2.05, 4.69) is 28.3 Å². The van der Waals surface area contributed by atoms with Crippen molar-refractivity contribution < 1.29 is 0 Å². The van der Waals surface area contributed by atoms with Gasteiger partial charge in [-0.25, -0.2) is 9.97 Å². The number of hydrogen-bond donors (Lipinski definition) is 1. The van der Waals surface area contributed by atoms with Crippen LogP contribution in [0.3, 0.4) is 0 Å². The fraction of sp³-hybridized carbons (Fsp3) is 0.692. The summed E-state index contributed by atoms with van der Waals surface area (Å²) in [5, 5.41) is 3.60. The van der Waals surface area contributed by atoms with Crippen molar-refractivity contribution in [2.75, 3.05) is 0 Å². The van der Waals surface area contributed by atoms with E-state index < -0.39 is 0 Å². The van der Waals surface area contributed by atoms with Gasteiger partial charge in [0.25, 0.3) is 0 Å². The lowest BCUT2D eigenvalue weighted by molar-refractivity contribution is 0.306. The Labute approximate surface area is 97.7 Å². The first-order valence-electron chi connectivity index (χ1n) is 6.25. The van der Waals surface area contributed by atoms with Gasteiger partial charge in [-0.2, -0.15) is 0 Å². The maximum absolute atomic E-state index is 4.27. The number of aromatic nitrogens is 2. The van der Waals surface area contributed by atoms with Gasteiger partial charge in [-0.15, -0.1) is 0 Å². The van der Waals surface area contributed by atoms with E-state index in [0.29, 0.717) is 6.04 Å². The summed E-state index contributed by atoms with van der Waals surface area (Å²) in [7, 11) is 0. The third-order valence-corrected chi connectivity index (χ3v) is 3.45. The first-order valence-corrected chi connectivity index (χ1v) is 6.25. The van der Waals surface area contributed by atoms with Crippen LogP contribution in [0, 0.1) is 12.8 Å². The Morgan fingerprint density at radius 1 is 1.25 bits per heavy atom. The molecule has 1 heterocycles. The Kier molecular flexibility index (Phi) is 3.88. The Morgan fingerprint density at radius 3 is 2.69 bits per heavy atom. The van der Waals surface area contributed by atoms with E-state index in [1.807, 2.05) is 6.92 Å². The summed E-state index contributed by atoms with van der Waals surface area (Å²) in [6.07, 6.45) is 6.99. The summed E-state index contributed by atoms with van der Waals surface area (Å²) < 4.78 is 0. The van der Waals surface area contributed by atoms with Crippen molar-refractivity contribution in [3.63, 3.8) is 0 Å². The lowest BCUT2D eigenvalue weighted by Crippen LogP contribution is -2.32. The number of rotatable bonds is 3. The minimum absolute atomic E-state index is 0.687. The van der Waals surface area contributed by atoms with Crippen LogP contribution in [0.25, 0.3) is 0 Å². The standard InChI is InChI=1S/C13H21N3/c1-10-3-5-12(6-4-10)14-8-13-7-11(2)15-9-16-13/h7,9-10,12,14H,3-6,8H2,1-2H3. The molecule has 0 aliphatic heterocycles. The molecular formula is C13H21N3. The van der Waals surface area contributed by atoms with Crippen molar-refractivity contribution in [2.45, 2.75) is 52.1 Å². The number of aryl methyl sites for hydroxylation is 1. The molecule has 0 amide bonds. The maximum atomic E-state index is 4.27. The van der Waals surface area contributed by atoms with Crippen LogP contribution in [0.5, 0.6) is 0 Å². The second kappa shape index (κ2) is 5.39. The van der Waals surface area contributed by atoms with E-state index in [0.717, 1.165) is 23.9 Å². The molecule has 1 fully saturated rings. The Balaban J connectivity index is 1.79. The lowest BCUT2D eigenvalue weighted by atomic mass is 9.87. The Morgan fingerprint density at radius 2 is 2.00 bits per heavy atom. The van der Waals surface area contributed by atoms with Crippen LogP contribution in [0.4, 0.5) is 0 Å². The van der Waals surface area contributed by atoms with Crippen LogP contribution in [-0.4, -0.2) is 16.0 Å². The summed E-state index contributed by atoms with van der Waals surface area (Å²) in [4.78, 5) is 8.37. The molecule has 1 N–H and O–H groups in total. The fourth-order valence-corrected chi connectivity index (χ4v) is 2.32. The van der Waals surface area contributed by atoms with Crippen molar-refractivity contribution in [1.82, 2.24) is 15.3 Å². The van der Waals surface area contributed by atoms with Gasteiger partial charge >= 0.3 is 0 Å². The van der Waals surface area contributed by atoms with Crippen LogP contribution >= 0.6 is 0 Å². The zero-order chi connectivity index (χ0) is 11.4. The second-order valence-electron chi connectivity index (χ2n) is 4.99. The van der Waals surface area contributed by atoms with E-state index in [4.69, 9.17) is 0 Å². The molecule has 3 nitrogen and oxygen atoms in total. The quantitative estimate of drug-likeness (QED) is 0.848. The van der Waals surface area contributed by atoms with E-state index >= 15 is 0 Å². The molecule has 16 heavy (non-hydrogen) atoms. The zero-order valence-electron chi connectivity index (χ0n) is 10.2. The number of nitrogens with one attached hydrogen (secondary N) is 1. The average molecular weight is 219 g/mol. The van der Waals surface area contributed by atoms with Gasteiger partial charge in [-0.05, 0) is 44.6 Å². The van der Waals surface area contributed by atoms with Crippen molar-refractivity contribution in [3.8, 4) is 0 Å². The molecule has 0 radical (unpaired) electrons. The summed E-state index contributed by atoms with van der Waals surface area (Å²) in [5.74, 6) is 0.916. The highest BCUT2D eigenvalue weighted by atomic mass is 14.9. The van der Waals surface area contributed by atoms with Gasteiger partial charge in [0.2, 0.25) is 0 Å². The molecule has 1 aliphatic carbocycles. The SMILES string of the molecule is Cc1cc(CNC2CCC(C)CC2)ncn1. The highest BCUT2D eigenvalue weighted by molar-refractivity contribution is 5.06. The molecule has 0 unspecified atom stereocenters. The number of hydrogen-bond acceptors (Lipinski definition) is 3. The molecule has 0 aromatic carbocycles. The molecule has 0 spiro atoms. The zero-order valence-corrected chi connectivity index (χ0v) is 10.2. The van der Waals surface area contributed by atoms with Gasteiger partial charge in [0.05, 0.1) is 5.69 Å². The van der Waals surface area contributed by atoms with Crippen molar-refractivity contribution in [3.05, 3.63) is 23.8 Å². The number of nitrogens with zero attached hydrogens (tertiary/aromatic N) is 2. The predicted molar refractivity (Wildman–Crippen MR) is 65.0 cm³/mol. The smallest absolute Gasteiger partial charge is 0.115 e. The summed E-state index contributed by atoms with van der Waals surface area (Å²) in [5.41, 5.74) is 2.15.